The first kappa shape index (κ1) is 9.77. The van der Waals surface area contributed by atoms with Crippen LogP contribution in [0.5, 0.6) is 5.75 Å². The Labute approximate surface area is 89.1 Å². The minimum atomic E-state index is 0.907. The molecule has 0 saturated heterocycles. The number of rotatable bonds is 2. The number of aromatic nitrogens is 2. The lowest BCUT2D eigenvalue weighted by Crippen LogP contribution is -1.93. The fourth-order valence-electron chi connectivity index (χ4n) is 1.83. The zero-order chi connectivity index (χ0) is 10.8. The number of nitrogens with zero attached hydrogens (tertiary/aromatic N) is 1. The summed E-state index contributed by atoms with van der Waals surface area (Å²) in [6.07, 6.45) is 1.74. The molecule has 78 valence electrons. The Kier molecular flexibility index (Phi) is 2.46. The molecular weight excluding hydrogens is 188 g/mol. The Balaban J connectivity index is 2.64. The monoisotopic (exact) mass is 202 g/mol. The zero-order valence-corrected chi connectivity index (χ0v) is 9.16. The summed E-state index contributed by atoms with van der Waals surface area (Å²) in [6.45, 7) is 4.12. The predicted octanol–water partition coefficient (Wildman–Crippen LogP) is 2.70. The maximum atomic E-state index is 5.41. The van der Waals surface area contributed by atoms with E-state index in [0.717, 1.165) is 22.6 Å². The molecule has 0 aliphatic rings. The van der Waals surface area contributed by atoms with Crippen molar-refractivity contribution in [2.45, 2.75) is 13.8 Å². The second-order valence-electron chi connectivity index (χ2n) is 3.63. The number of hydrogen-bond acceptors (Lipinski definition) is 2. The van der Waals surface area contributed by atoms with Crippen molar-refractivity contribution in [1.82, 2.24) is 10.2 Å². The van der Waals surface area contributed by atoms with Crippen LogP contribution in [0.15, 0.2) is 24.4 Å². The van der Waals surface area contributed by atoms with Gasteiger partial charge in [0.25, 0.3) is 0 Å². The zero-order valence-electron chi connectivity index (χ0n) is 9.16. The normalized spacial score (nSPS) is 10.3. The largest absolute Gasteiger partial charge is 0.496 e. The van der Waals surface area contributed by atoms with Crippen LogP contribution in [-0.4, -0.2) is 17.3 Å². The molecule has 0 unspecified atom stereocenters. The van der Waals surface area contributed by atoms with E-state index in [-0.39, 0.29) is 0 Å². The van der Waals surface area contributed by atoms with Crippen molar-refractivity contribution in [2.24, 2.45) is 0 Å². The van der Waals surface area contributed by atoms with Crippen molar-refractivity contribution in [1.29, 1.82) is 0 Å². The van der Waals surface area contributed by atoms with Crippen molar-refractivity contribution >= 4 is 0 Å². The molecule has 0 aliphatic carbocycles. The maximum absolute atomic E-state index is 5.41. The minimum Gasteiger partial charge on any atom is -0.496 e. The average Bonchev–Trinajstić information content (AvgIpc) is 2.69. The van der Waals surface area contributed by atoms with Crippen LogP contribution in [0.4, 0.5) is 0 Å². The van der Waals surface area contributed by atoms with Crippen LogP contribution >= 0.6 is 0 Å². The molecule has 0 atom stereocenters. The first-order valence-corrected chi connectivity index (χ1v) is 4.87. The second-order valence-corrected chi connectivity index (χ2v) is 3.63. The molecule has 0 radical (unpaired) electrons. The van der Waals surface area contributed by atoms with Gasteiger partial charge < -0.3 is 4.74 Å². The number of nitrogens with one attached hydrogen (secondary N) is 1. The van der Waals surface area contributed by atoms with Crippen LogP contribution in [0.1, 0.15) is 11.1 Å². The smallest absolute Gasteiger partial charge is 0.131 e. The Morgan fingerprint density at radius 1 is 1.27 bits per heavy atom. The fraction of sp³-hybridized carbons (Fsp3) is 0.250. The van der Waals surface area contributed by atoms with Crippen LogP contribution in [-0.2, 0) is 0 Å². The number of ether oxygens (including phenoxy) is 1. The summed E-state index contributed by atoms with van der Waals surface area (Å²) in [4.78, 5) is 0. The third kappa shape index (κ3) is 1.73. The van der Waals surface area contributed by atoms with E-state index in [1.165, 1.54) is 5.56 Å². The summed E-state index contributed by atoms with van der Waals surface area (Å²) in [5, 5.41) is 6.91. The van der Waals surface area contributed by atoms with Crippen LogP contribution in [0.3, 0.4) is 0 Å². The Hall–Kier alpha value is -1.77. The second kappa shape index (κ2) is 3.77. The van der Waals surface area contributed by atoms with Gasteiger partial charge in [-0.3, -0.25) is 5.10 Å². The van der Waals surface area contributed by atoms with Crippen LogP contribution in [0.25, 0.3) is 11.3 Å². The third-order valence-corrected chi connectivity index (χ3v) is 2.41. The minimum absolute atomic E-state index is 0.907. The number of methoxy groups -OCH3 is 1. The Morgan fingerprint density at radius 3 is 2.67 bits per heavy atom. The van der Waals surface area contributed by atoms with E-state index >= 15 is 0 Å². The molecule has 0 spiro atoms. The highest BCUT2D eigenvalue weighted by molar-refractivity contribution is 5.69. The first-order chi connectivity index (χ1) is 7.22. The van der Waals surface area contributed by atoms with Crippen molar-refractivity contribution in [3.63, 3.8) is 0 Å². The average molecular weight is 202 g/mol. The molecule has 0 aliphatic heterocycles. The molecule has 2 aromatic rings. The SMILES string of the molecule is COc1c(C)cc(C)cc1-c1ccn[nH]1. The van der Waals surface area contributed by atoms with Gasteiger partial charge in [0.1, 0.15) is 5.75 Å². The summed E-state index contributed by atoms with van der Waals surface area (Å²) in [5.41, 5.74) is 4.41. The van der Waals surface area contributed by atoms with Crippen molar-refractivity contribution in [3.05, 3.63) is 35.5 Å². The van der Waals surface area contributed by atoms with Gasteiger partial charge in [-0.05, 0) is 37.1 Å². The maximum Gasteiger partial charge on any atom is 0.131 e. The third-order valence-electron chi connectivity index (χ3n) is 2.41. The summed E-state index contributed by atoms with van der Waals surface area (Å²) in [5.74, 6) is 0.907. The molecule has 1 aromatic heterocycles. The van der Waals surface area contributed by atoms with Crippen molar-refractivity contribution < 1.29 is 4.74 Å². The van der Waals surface area contributed by atoms with Gasteiger partial charge in [-0.25, -0.2) is 0 Å². The van der Waals surface area contributed by atoms with Crippen molar-refractivity contribution in [2.75, 3.05) is 7.11 Å². The van der Waals surface area contributed by atoms with E-state index in [1.807, 2.05) is 13.0 Å². The van der Waals surface area contributed by atoms with Crippen LogP contribution in [0, 0.1) is 13.8 Å². The molecule has 0 bridgehead atoms. The van der Waals surface area contributed by atoms with E-state index in [9.17, 15) is 0 Å². The number of H-pyrrole nitrogens is 1. The summed E-state index contributed by atoms with van der Waals surface area (Å²) in [6, 6.07) is 6.15. The molecule has 0 fully saturated rings. The lowest BCUT2D eigenvalue weighted by molar-refractivity contribution is 0.413. The topological polar surface area (TPSA) is 37.9 Å². The predicted molar refractivity (Wildman–Crippen MR) is 60.0 cm³/mol. The number of aromatic amines is 1. The first-order valence-electron chi connectivity index (χ1n) is 4.87. The lowest BCUT2D eigenvalue weighted by atomic mass is 10.0. The highest BCUT2D eigenvalue weighted by Gasteiger charge is 2.10. The van der Waals surface area contributed by atoms with Gasteiger partial charge in [0.2, 0.25) is 0 Å². The molecule has 0 saturated carbocycles. The van der Waals surface area contributed by atoms with E-state index in [2.05, 4.69) is 29.3 Å². The Bertz CT molecular complexity index is 461. The molecule has 1 aromatic carbocycles. The lowest BCUT2D eigenvalue weighted by Gasteiger charge is -2.11. The van der Waals surface area contributed by atoms with Crippen LogP contribution < -0.4 is 4.74 Å². The molecular formula is C12H14N2O. The quantitative estimate of drug-likeness (QED) is 0.813. The summed E-state index contributed by atoms with van der Waals surface area (Å²) >= 11 is 0. The highest BCUT2D eigenvalue weighted by atomic mass is 16.5. The van der Waals surface area contributed by atoms with Gasteiger partial charge in [-0.15, -0.1) is 0 Å². The highest BCUT2D eigenvalue weighted by Crippen LogP contribution is 2.32. The summed E-state index contributed by atoms with van der Waals surface area (Å²) in [7, 11) is 1.69. The van der Waals surface area contributed by atoms with Gasteiger partial charge in [-0.2, -0.15) is 5.10 Å². The molecule has 15 heavy (non-hydrogen) atoms. The van der Waals surface area contributed by atoms with Gasteiger partial charge in [0.15, 0.2) is 0 Å². The molecule has 3 heteroatoms. The van der Waals surface area contributed by atoms with Gasteiger partial charge >= 0.3 is 0 Å². The molecule has 3 nitrogen and oxygen atoms in total. The molecule has 2 rings (SSSR count). The van der Waals surface area contributed by atoms with Crippen molar-refractivity contribution in [3.8, 4) is 17.0 Å². The van der Waals surface area contributed by atoms with Crippen LogP contribution in [0.2, 0.25) is 0 Å². The van der Waals surface area contributed by atoms with Gasteiger partial charge in [-0.1, -0.05) is 6.07 Å². The van der Waals surface area contributed by atoms with Gasteiger partial charge in [0, 0.05) is 11.8 Å². The molecule has 1 heterocycles. The van der Waals surface area contributed by atoms with Gasteiger partial charge in [0.05, 0.1) is 12.8 Å². The van der Waals surface area contributed by atoms with E-state index in [4.69, 9.17) is 4.74 Å². The fourth-order valence-corrected chi connectivity index (χ4v) is 1.83. The summed E-state index contributed by atoms with van der Waals surface area (Å²) < 4.78 is 5.41. The number of aryl methyl sites for hydroxylation is 2. The van der Waals surface area contributed by atoms with E-state index in [1.54, 1.807) is 13.3 Å². The number of hydrogen-bond donors (Lipinski definition) is 1. The Morgan fingerprint density at radius 2 is 2.07 bits per heavy atom. The standard InChI is InChI=1S/C12H14N2O/c1-8-6-9(2)12(15-3)10(7-8)11-4-5-13-14-11/h4-7H,1-3H3,(H,13,14). The molecule has 1 N–H and O–H groups in total. The van der Waals surface area contributed by atoms with E-state index < -0.39 is 0 Å². The molecule has 0 amide bonds. The van der Waals surface area contributed by atoms with E-state index in [0.29, 0.717) is 0 Å². The number of benzene rings is 1.